The molecule has 6 nitrogen and oxygen atoms in total. The molecule has 0 saturated heterocycles. The lowest BCUT2D eigenvalue weighted by Gasteiger charge is -2.20. The van der Waals surface area contributed by atoms with Crippen molar-refractivity contribution < 1.29 is 24.5 Å². The first kappa shape index (κ1) is 73.1. The third kappa shape index (κ3) is 61.2. The molecule has 6 heteroatoms. The Bertz CT molecular complexity index is 1210. The zero-order chi connectivity index (χ0) is 54.3. The fourth-order valence-electron chi connectivity index (χ4n) is 10.4. The number of hydrogen-bond donors (Lipinski definition) is 3. The highest BCUT2D eigenvalue weighted by Gasteiger charge is 2.18. The Morgan fingerprint density at radius 1 is 0.360 bits per heavy atom. The van der Waals surface area contributed by atoms with Gasteiger partial charge in [0, 0.05) is 12.8 Å². The first-order chi connectivity index (χ1) is 37.0. The molecule has 3 N–H and O–H groups in total. The molecule has 0 heterocycles. The smallest absolute Gasteiger partial charge is 0.305 e. The van der Waals surface area contributed by atoms with E-state index in [9.17, 15) is 19.8 Å². The summed E-state index contributed by atoms with van der Waals surface area (Å²) in [5.41, 5.74) is 0. The minimum absolute atomic E-state index is 0.0109. The molecule has 0 aromatic rings. The van der Waals surface area contributed by atoms with E-state index in [-0.39, 0.29) is 18.5 Å². The van der Waals surface area contributed by atoms with Crippen molar-refractivity contribution in [3.63, 3.8) is 0 Å². The SMILES string of the molecule is CCCCCCCC/C=C\CCCCCCCCCCCC(=O)OCCCCCCCCCCCCCC/C=C\CCCCCCCCCC(=O)NC(CO)C(O)/C=C/CCCCCCCCCCCCCCCC. The van der Waals surface area contributed by atoms with Crippen molar-refractivity contribution in [3.05, 3.63) is 36.5 Å². The average molecular weight is 1050 g/mol. The van der Waals surface area contributed by atoms with Crippen LogP contribution in [0.4, 0.5) is 0 Å². The molecular weight excluding hydrogens is 923 g/mol. The zero-order valence-electron chi connectivity index (χ0n) is 50.5. The fourth-order valence-corrected chi connectivity index (χ4v) is 10.4. The van der Waals surface area contributed by atoms with Gasteiger partial charge in [-0.05, 0) is 83.5 Å². The molecule has 0 rings (SSSR count). The molecule has 1 amide bonds. The number of esters is 1. The van der Waals surface area contributed by atoms with E-state index in [0.29, 0.717) is 19.4 Å². The van der Waals surface area contributed by atoms with Gasteiger partial charge in [0.15, 0.2) is 0 Å². The molecule has 2 atom stereocenters. The van der Waals surface area contributed by atoms with E-state index >= 15 is 0 Å². The summed E-state index contributed by atoms with van der Waals surface area (Å²) < 4.78 is 5.50. The normalized spacial score (nSPS) is 12.7. The van der Waals surface area contributed by atoms with Gasteiger partial charge in [0.05, 0.1) is 25.4 Å². The Hall–Kier alpha value is -1.92. The van der Waals surface area contributed by atoms with Crippen LogP contribution in [0.3, 0.4) is 0 Å². The van der Waals surface area contributed by atoms with Crippen LogP contribution in [0.25, 0.3) is 0 Å². The number of aliphatic hydroxyl groups is 2. The highest BCUT2D eigenvalue weighted by atomic mass is 16.5. The largest absolute Gasteiger partial charge is 0.466 e. The van der Waals surface area contributed by atoms with Crippen LogP contribution < -0.4 is 5.32 Å². The van der Waals surface area contributed by atoms with Crippen molar-refractivity contribution in [3.8, 4) is 0 Å². The lowest BCUT2D eigenvalue weighted by atomic mass is 10.0. The summed E-state index contributed by atoms with van der Waals surface area (Å²) in [6.45, 7) is 4.92. The van der Waals surface area contributed by atoms with Crippen LogP contribution in [0.2, 0.25) is 0 Å². The minimum atomic E-state index is -0.849. The van der Waals surface area contributed by atoms with Gasteiger partial charge in [-0.15, -0.1) is 0 Å². The molecule has 0 aliphatic carbocycles. The molecule has 0 aliphatic heterocycles. The standard InChI is InChI=1S/C69H131NO5/c1-3-5-7-9-11-13-15-17-19-21-27-31-35-39-43-47-51-55-59-63-69(74)75-64-60-56-52-48-44-40-36-32-29-26-24-22-23-25-28-30-34-38-42-46-50-54-58-62-68(73)70-66(65-71)67(72)61-57-53-49-45-41-37-33-20-18-16-14-12-10-8-6-4-2/h17,19,25,28,57,61,66-67,71-72H,3-16,18,20-24,26-27,29-56,58-60,62-65H2,1-2H3,(H,70,73)/b19-17-,28-25-,61-57+. The van der Waals surface area contributed by atoms with Crippen LogP contribution >= 0.6 is 0 Å². The molecular formula is C69H131NO5. The van der Waals surface area contributed by atoms with Crippen LogP contribution in [0, 0.1) is 0 Å². The monoisotopic (exact) mass is 1050 g/mol. The molecule has 0 spiro atoms. The second kappa shape index (κ2) is 64.6. The second-order valence-corrected chi connectivity index (χ2v) is 23.1. The Morgan fingerprint density at radius 3 is 0.947 bits per heavy atom. The molecule has 0 aliphatic rings. The van der Waals surface area contributed by atoms with Gasteiger partial charge in [0.25, 0.3) is 0 Å². The number of unbranched alkanes of at least 4 members (excludes halogenated alkanes) is 48. The quantitative estimate of drug-likeness (QED) is 0.0320. The van der Waals surface area contributed by atoms with Crippen molar-refractivity contribution in [1.29, 1.82) is 0 Å². The van der Waals surface area contributed by atoms with E-state index in [0.717, 1.165) is 51.4 Å². The molecule has 75 heavy (non-hydrogen) atoms. The number of nitrogens with one attached hydrogen (secondary N) is 1. The van der Waals surface area contributed by atoms with Crippen LogP contribution in [0.15, 0.2) is 36.5 Å². The third-order valence-corrected chi connectivity index (χ3v) is 15.6. The minimum Gasteiger partial charge on any atom is -0.466 e. The Morgan fingerprint density at radius 2 is 0.627 bits per heavy atom. The number of aliphatic hydroxyl groups excluding tert-OH is 2. The van der Waals surface area contributed by atoms with Gasteiger partial charge in [0.1, 0.15) is 0 Å². The third-order valence-electron chi connectivity index (χ3n) is 15.6. The molecule has 0 aromatic heterocycles. The van der Waals surface area contributed by atoms with Crippen molar-refractivity contribution in [1.82, 2.24) is 5.32 Å². The van der Waals surface area contributed by atoms with Crippen LogP contribution in [0.1, 0.15) is 367 Å². The number of ether oxygens (including phenoxy) is 1. The molecule has 0 aromatic carbocycles. The number of hydrogen-bond acceptors (Lipinski definition) is 5. The summed E-state index contributed by atoms with van der Waals surface area (Å²) in [4.78, 5) is 24.6. The number of carbonyl (C=O) groups excluding carboxylic acids is 2. The first-order valence-corrected chi connectivity index (χ1v) is 33.8. The summed E-state index contributed by atoms with van der Waals surface area (Å²) in [6, 6.07) is -0.633. The van der Waals surface area contributed by atoms with Crippen molar-refractivity contribution in [2.24, 2.45) is 0 Å². The van der Waals surface area contributed by atoms with Gasteiger partial charge in [0.2, 0.25) is 5.91 Å². The number of rotatable bonds is 63. The summed E-state index contributed by atoms with van der Waals surface area (Å²) >= 11 is 0. The highest BCUT2D eigenvalue weighted by Crippen LogP contribution is 2.18. The van der Waals surface area contributed by atoms with Crippen molar-refractivity contribution in [2.75, 3.05) is 13.2 Å². The van der Waals surface area contributed by atoms with Crippen LogP contribution in [-0.2, 0) is 14.3 Å². The number of carbonyl (C=O) groups is 2. The Kier molecular flexibility index (Phi) is 63.0. The van der Waals surface area contributed by atoms with Crippen LogP contribution in [-0.4, -0.2) is 47.4 Å². The van der Waals surface area contributed by atoms with Gasteiger partial charge in [-0.1, -0.05) is 307 Å². The number of allylic oxidation sites excluding steroid dienone is 5. The topological polar surface area (TPSA) is 95.9 Å². The van der Waals surface area contributed by atoms with Gasteiger partial charge < -0.3 is 20.3 Å². The molecule has 442 valence electrons. The van der Waals surface area contributed by atoms with E-state index < -0.39 is 12.1 Å². The lowest BCUT2D eigenvalue weighted by Crippen LogP contribution is -2.45. The maximum atomic E-state index is 12.5. The predicted molar refractivity (Wildman–Crippen MR) is 329 cm³/mol. The van der Waals surface area contributed by atoms with Crippen LogP contribution in [0.5, 0.6) is 0 Å². The van der Waals surface area contributed by atoms with Crippen molar-refractivity contribution in [2.45, 2.75) is 379 Å². The molecule has 0 fully saturated rings. The van der Waals surface area contributed by atoms with Crippen molar-refractivity contribution >= 4 is 11.9 Å². The second-order valence-electron chi connectivity index (χ2n) is 23.1. The van der Waals surface area contributed by atoms with Gasteiger partial charge in [-0.2, -0.15) is 0 Å². The van der Waals surface area contributed by atoms with E-state index in [1.807, 2.05) is 6.08 Å². The highest BCUT2D eigenvalue weighted by molar-refractivity contribution is 5.76. The summed E-state index contributed by atoms with van der Waals surface area (Å²) in [7, 11) is 0. The number of amides is 1. The van der Waals surface area contributed by atoms with Gasteiger partial charge in [-0.25, -0.2) is 0 Å². The first-order valence-electron chi connectivity index (χ1n) is 33.8. The van der Waals surface area contributed by atoms with Gasteiger partial charge >= 0.3 is 5.97 Å². The Labute approximate surface area is 468 Å². The van der Waals surface area contributed by atoms with Gasteiger partial charge in [-0.3, -0.25) is 9.59 Å². The maximum Gasteiger partial charge on any atom is 0.305 e. The maximum absolute atomic E-state index is 12.5. The summed E-state index contributed by atoms with van der Waals surface area (Å²) in [5.74, 6) is -0.0615. The fraction of sp³-hybridized carbons (Fsp3) is 0.884. The summed E-state index contributed by atoms with van der Waals surface area (Å²) in [6.07, 6.45) is 82.0. The van der Waals surface area contributed by atoms with E-state index in [1.54, 1.807) is 6.08 Å². The molecule has 0 saturated carbocycles. The van der Waals surface area contributed by atoms with E-state index in [4.69, 9.17) is 4.74 Å². The predicted octanol–water partition coefficient (Wildman–Crippen LogP) is 21.5. The summed E-state index contributed by atoms with van der Waals surface area (Å²) in [5, 5.41) is 23.2. The molecule has 2 unspecified atom stereocenters. The molecule has 0 bridgehead atoms. The zero-order valence-corrected chi connectivity index (χ0v) is 50.5. The lowest BCUT2D eigenvalue weighted by molar-refractivity contribution is -0.143. The van der Waals surface area contributed by atoms with E-state index in [1.165, 1.54) is 289 Å². The Balaban J connectivity index is 3.41. The molecule has 0 radical (unpaired) electrons. The van der Waals surface area contributed by atoms with E-state index in [2.05, 4.69) is 43.5 Å². The average Bonchev–Trinajstić information content (AvgIpc) is 3.41.